The zero-order valence-electron chi connectivity index (χ0n) is 18.6. The Morgan fingerprint density at radius 3 is 2.66 bits per heavy atom. The fraction of sp³-hybridized carbons (Fsp3) is 0.320. The third kappa shape index (κ3) is 4.78. The van der Waals surface area contributed by atoms with E-state index in [4.69, 9.17) is 0 Å². The highest BCUT2D eigenvalue weighted by atomic mass is 19.1. The van der Waals surface area contributed by atoms with Gasteiger partial charge in [-0.2, -0.15) is 0 Å². The summed E-state index contributed by atoms with van der Waals surface area (Å²) >= 11 is 0. The Morgan fingerprint density at radius 1 is 1.12 bits per heavy atom. The Kier molecular flexibility index (Phi) is 6.19. The number of aromatic nitrogens is 2. The lowest BCUT2D eigenvalue weighted by Crippen LogP contribution is -2.40. The van der Waals surface area contributed by atoms with Gasteiger partial charge in [0.15, 0.2) is 0 Å². The van der Waals surface area contributed by atoms with Crippen molar-refractivity contribution in [1.82, 2.24) is 14.5 Å². The standard InChI is InChI=1S/C25H27FN4O2/c1-16-5-4-6-19(11-16)13-29-10-9-22-20(14-29)25(32)30(18(3)27-22)15-24(31)28-23-8-7-17(2)12-21(23)26/h4-8,11-12H,9-10,13-15H2,1-3H3,(H,28,31). The number of halogens is 1. The molecule has 0 atom stereocenters. The molecule has 3 aromatic rings. The molecular weight excluding hydrogens is 407 g/mol. The maximum absolute atomic E-state index is 14.1. The fourth-order valence-electron chi connectivity index (χ4n) is 4.13. The van der Waals surface area contributed by atoms with Gasteiger partial charge in [-0.05, 0) is 44.0 Å². The first kappa shape index (κ1) is 21.9. The third-order valence-electron chi connectivity index (χ3n) is 5.77. The molecule has 1 aromatic heterocycles. The predicted octanol–water partition coefficient (Wildman–Crippen LogP) is 3.50. The number of hydrogen-bond donors (Lipinski definition) is 1. The number of benzene rings is 2. The molecule has 32 heavy (non-hydrogen) atoms. The molecule has 1 amide bonds. The molecule has 4 rings (SSSR count). The molecule has 0 unspecified atom stereocenters. The number of carbonyl (C=O) groups excluding carboxylic acids is 1. The number of anilines is 1. The Morgan fingerprint density at radius 2 is 1.91 bits per heavy atom. The molecule has 0 radical (unpaired) electrons. The summed E-state index contributed by atoms with van der Waals surface area (Å²) in [5.41, 5.74) is 4.49. The van der Waals surface area contributed by atoms with Crippen LogP contribution in [0.3, 0.4) is 0 Å². The summed E-state index contributed by atoms with van der Waals surface area (Å²) in [5.74, 6) is -0.481. The van der Waals surface area contributed by atoms with E-state index in [9.17, 15) is 14.0 Å². The molecule has 0 aliphatic carbocycles. The van der Waals surface area contributed by atoms with Crippen LogP contribution in [0, 0.1) is 26.6 Å². The molecule has 0 bridgehead atoms. The van der Waals surface area contributed by atoms with E-state index in [-0.39, 0.29) is 17.8 Å². The molecule has 7 heteroatoms. The van der Waals surface area contributed by atoms with Crippen LogP contribution in [-0.2, 0) is 30.8 Å². The molecule has 1 aliphatic heterocycles. The van der Waals surface area contributed by atoms with E-state index in [1.807, 2.05) is 6.07 Å². The van der Waals surface area contributed by atoms with Crippen molar-refractivity contribution in [3.8, 4) is 0 Å². The van der Waals surface area contributed by atoms with Crippen LogP contribution in [0.4, 0.5) is 10.1 Å². The van der Waals surface area contributed by atoms with Crippen LogP contribution >= 0.6 is 0 Å². The van der Waals surface area contributed by atoms with Crippen LogP contribution in [0.1, 0.15) is 33.8 Å². The van der Waals surface area contributed by atoms with Crippen molar-refractivity contribution in [2.45, 2.75) is 46.8 Å². The van der Waals surface area contributed by atoms with Gasteiger partial charge in [0.1, 0.15) is 18.2 Å². The zero-order chi connectivity index (χ0) is 22.8. The molecule has 0 saturated heterocycles. The summed E-state index contributed by atoms with van der Waals surface area (Å²) in [6.07, 6.45) is 0.693. The number of hydrogen-bond acceptors (Lipinski definition) is 4. The molecule has 0 fully saturated rings. The number of nitrogens with one attached hydrogen (secondary N) is 1. The number of nitrogens with zero attached hydrogens (tertiary/aromatic N) is 3. The lowest BCUT2D eigenvalue weighted by atomic mass is 10.0. The van der Waals surface area contributed by atoms with Gasteiger partial charge in [0.05, 0.1) is 16.9 Å². The molecule has 166 valence electrons. The van der Waals surface area contributed by atoms with E-state index < -0.39 is 11.7 Å². The Hall–Kier alpha value is -3.32. The average Bonchev–Trinajstić information content (AvgIpc) is 2.74. The lowest BCUT2D eigenvalue weighted by Gasteiger charge is -2.28. The Balaban J connectivity index is 1.52. The zero-order valence-corrected chi connectivity index (χ0v) is 18.6. The van der Waals surface area contributed by atoms with Crippen LogP contribution < -0.4 is 10.9 Å². The highest BCUT2D eigenvalue weighted by molar-refractivity contribution is 5.90. The van der Waals surface area contributed by atoms with Crippen molar-refractivity contribution in [3.05, 3.63) is 92.4 Å². The predicted molar refractivity (Wildman–Crippen MR) is 122 cm³/mol. The van der Waals surface area contributed by atoms with Crippen LogP contribution in [0.5, 0.6) is 0 Å². The van der Waals surface area contributed by atoms with Gasteiger partial charge in [0, 0.05) is 26.1 Å². The number of amides is 1. The minimum atomic E-state index is -0.502. The number of aryl methyl sites for hydroxylation is 3. The molecule has 2 heterocycles. The minimum Gasteiger partial charge on any atom is -0.322 e. The quantitative estimate of drug-likeness (QED) is 0.668. The average molecular weight is 435 g/mol. The largest absolute Gasteiger partial charge is 0.322 e. The van der Waals surface area contributed by atoms with Crippen molar-refractivity contribution in [2.75, 3.05) is 11.9 Å². The topological polar surface area (TPSA) is 67.2 Å². The summed E-state index contributed by atoms with van der Waals surface area (Å²) in [6, 6.07) is 12.9. The molecular formula is C25H27FN4O2. The highest BCUT2D eigenvalue weighted by Crippen LogP contribution is 2.18. The Labute approximate surface area is 186 Å². The molecule has 2 aromatic carbocycles. The van der Waals surface area contributed by atoms with Crippen LogP contribution in [-0.4, -0.2) is 26.9 Å². The monoisotopic (exact) mass is 434 g/mol. The summed E-state index contributed by atoms with van der Waals surface area (Å²) < 4.78 is 15.5. The van der Waals surface area contributed by atoms with Gasteiger partial charge in [-0.25, -0.2) is 9.37 Å². The van der Waals surface area contributed by atoms with Crippen molar-refractivity contribution >= 4 is 11.6 Å². The van der Waals surface area contributed by atoms with Gasteiger partial charge < -0.3 is 5.32 Å². The van der Waals surface area contributed by atoms with Crippen LogP contribution in [0.15, 0.2) is 47.3 Å². The van der Waals surface area contributed by atoms with E-state index in [0.717, 1.165) is 24.3 Å². The summed E-state index contributed by atoms with van der Waals surface area (Å²) in [5, 5.41) is 2.56. The lowest BCUT2D eigenvalue weighted by molar-refractivity contribution is -0.116. The molecule has 1 N–H and O–H groups in total. The van der Waals surface area contributed by atoms with Crippen molar-refractivity contribution in [1.29, 1.82) is 0 Å². The smallest absolute Gasteiger partial charge is 0.258 e. The van der Waals surface area contributed by atoms with Crippen molar-refractivity contribution in [2.24, 2.45) is 0 Å². The second kappa shape index (κ2) is 9.04. The first-order chi connectivity index (χ1) is 15.3. The van der Waals surface area contributed by atoms with Crippen molar-refractivity contribution in [3.63, 3.8) is 0 Å². The van der Waals surface area contributed by atoms with Gasteiger partial charge in [-0.3, -0.25) is 19.1 Å². The number of carbonyl (C=O) groups is 1. The second-order valence-electron chi connectivity index (χ2n) is 8.46. The molecule has 0 spiro atoms. The molecule has 1 aliphatic rings. The van der Waals surface area contributed by atoms with Crippen LogP contribution in [0.2, 0.25) is 0 Å². The van der Waals surface area contributed by atoms with E-state index >= 15 is 0 Å². The maximum Gasteiger partial charge on any atom is 0.258 e. The fourth-order valence-corrected chi connectivity index (χ4v) is 4.13. The second-order valence-corrected chi connectivity index (χ2v) is 8.46. The van der Waals surface area contributed by atoms with Crippen molar-refractivity contribution < 1.29 is 9.18 Å². The minimum absolute atomic E-state index is 0.0987. The number of fused-ring (bicyclic) bond motifs is 1. The van der Waals surface area contributed by atoms with Gasteiger partial charge in [-0.1, -0.05) is 35.9 Å². The normalized spacial score (nSPS) is 13.6. The molecule has 6 nitrogen and oxygen atoms in total. The van der Waals surface area contributed by atoms with Gasteiger partial charge in [0.2, 0.25) is 5.91 Å². The van der Waals surface area contributed by atoms with E-state index in [1.54, 1.807) is 19.9 Å². The summed E-state index contributed by atoms with van der Waals surface area (Å²) in [7, 11) is 0. The first-order valence-electron chi connectivity index (χ1n) is 10.7. The maximum atomic E-state index is 14.1. The van der Waals surface area contributed by atoms with E-state index in [1.165, 1.54) is 27.8 Å². The van der Waals surface area contributed by atoms with Gasteiger partial charge in [-0.15, -0.1) is 0 Å². The Bertz CT molecular complexity index is 1240. The van der Waals surface area contributed by atoms with E-state index in [2.05, 4.69) is 40.3 Å². The van der Waals surface area contributed by atoms with Gasteiger partial charge in [0.25, 0.3) is 5.56 Å². The highest BCUT2D eigenvalue weighted by Gasteiger charge is 2.23. The van der Waals surface area contributed by atoms with Gasteiger partial charge >= 0.3 is 0 Å². The number of rotatable bonds is 5. The first-order valence-corrected chi connectivity index (χ1v) is 10.7. The summed E-state index contributed by atoms with van der Waals surface area (Å²) in [6.45, 7) is 7.42. The molecule has 0 saturated carbocycles. The van der Waals surface area contributed by atoms with E-state index in [0.29, 0.717) is 24.4 Å². The summed E-state index contributed by atoms with van der Waals surface area (Å²) in [4.78, 5) is 32.6. The SMILES string of the molecule is Cc1cccc(CN2CCc3nc(C)n(CC(=O)Nc4ccc(C)cc4F)c(=O)c3C2)c1. The van der Waals surface area contributed by atoms with Crippen LogP contribution in [0.25, 0.3) is 0 Å². The third-order valence-corrected chi connectivity index (χ3v) is 5.77.